The van der Waals surface area contributed by atoms with Crippen molar-refractivity contribution in [2.24, 2.45) is 11.7 Å². The summed E-state index contributed by atoms with van der Waals surface area (Å²) in [6.45, 7) is 12.2. The monoisotopic (exact) mass is 313 g/mol. The summed E-state index contributed by atoms with van der Waals surface area (Å²) in [7, 11) is 0. The van der Waals surface area contributed by atoms with Gasteiger partial charge in [0, 0.05) is 23.5 Å². The maximum Gasteiger partial charge on any atom is 0.0900 e. The summed E-state index contributed by atoms with van der Waals surface area (Å²) in [5.41, 5.74) is 6.98. The summed E-state index contributed by atoms with van der Waals surface area (Å²) >= 11 is 1.76. The van der Waals surface area contributed by atoms with E-state index in [-0.39, 0.29) is 30.4 Å². The maximum atomic E-state index is 5.84. The molecule has 0 saturated carbocycles. The lowest BCUT2D eigenvalue weighted by Crippen LogP contribution is -2.52. The molecule has 0 aliphatic heterocycles. The van der Waals surface area contributed by atoms with Gasteiger partial charge in [0.1, 0.15) is 0 Å². The third kappa shape index (κ3) is 5.02. The van der Waals surface area contributed by atoms with Crippen LogP contribution in [-0.2, 0) is 6.54 Å². The van der Waals surface area contributed by atoms with Gasteiger partial charge in [-0.2, -0.15) is 0 Å². The fourth-order valence-electron chi connectivity index (χ4n) is 1.53. The van der Waals surface area contributed by atoms with E-state index < -0.39 is 0 Å². The number of halogens is 2. The second-order valence-corrected chi connectivity index (χ2v) is 6.16. The Morgan fingerprint density at radius 3 is 2.22 bits per heavy atom. The first-order chi connectivity index (χ1) is 7.39. The molecule has 108 valence electrons. The SMILES string of the molecule is Cc1nc(C)c(CNC(C)(CN)C(C)C)s1.Cl.Cl. The Labute approximate surface area is 127 Å². The quantitative estimate of drug-likeness (QED) is 0.878. The molecule has 0 amide bonds. The van der Waals surface area contributed by atoms with Gasteiger partial charge in [0.2, 0.25) is 0 Å². The van der Waals surface area contributed by atoms with Crippen LogP contribution in [0, 0.1) is 19.8 Å². The molecule has 1 rings (SSSR count). The first-order valence-corrected chi connectivity index (χ1v) is 6.58. The Bertz CT molecular complexity index is 355. The van der Waals surface area contributed by atoms with Gasteiger partial charge in [0.25, 0.3) is 0 Å². The molecular formula is C12H25Cl2N3S. The molecule has 0 aromatic carbocycles. The molecule has 1 unspecified atom stereocenters. The molecule has 18 heavy (non-hydrogen) atoms. The average Bonchev–Trinajstić information content (AvgIpc) is 2.53. The third-order valence-electron chi connectivity index (χ3n) is 3.35. The fourth-order valence-corrected chi connectivity index (χ4v) is 2.41. The summed E-state index contributed by atoms with van der Waals surface area (Å²) in [6.07, 6.45) is 0. The molecule has 1 aromatic rings. The van der Waals surface area contributed by atoms with Crippen LogP contribution in [0.4, 0.5) is 0 Å². The topological polar surface area (TPSA) is 50.9 Å². The molecule has 0 spiro atoms. The minimum Gasteiger partial charge on any atom is -0.329 e. The highest BCUT2D eigenvalue weighted by Gasteiger charge is 2.26. The zero-order valence-corrected chi connectivity index (χ0v) is 14.2. The summed E-state index contributed by atoms with van der Waals surface area (Å²) in [6, 6.07) is 0. The third-order valence-corrected chi connectivity index (χ3v) is 4.42. The first kappa shape index (κ1) is 20.4. The van der Waals surface area contributed by atoms with Crippen molar-refractivity contribution in [2.75, 3.05) is 6.54 Å². The Balaban J connectivity index is 0. The normalized spacial score (nSPS) is 13.7. The number of hydrogen-bond donors (Lipinski definition) is 2. The van der Waals surface area contributed by atoms with Crippen molar-refractivity contribution < 1.29 is 0 Å². The summed E-state index contributed by atoms with van der Waals surface area (Å²) < 4.78 is 0. The lowest BCUT2D eigenvalue weighted by Gasteiger charge is -2.33. The molecule has 1 heterocycles. The molecule has 0 aliphatic rings. The smallest absolute Gasteiger partial charge is 0.0900 e. The Hall–Kier alpha value is 0.130. The second kappa shape index (κ2) is 8.33. The van der Waals surface area contributed by atoms with Crippen molar-refractivity contribution in [2.45, 2.75) is 46.7 Å². The van der Waals surface area contributed by atoms with Gasteiger partial charge >= 0.3 is 0 Å². The van der Waals surface area contributed by atoms with E-state index in [4.69, 9.17) is 5.73 Å². The van der Waals surface area contributed by atoms with Gasteiger partial charge in [-0.15, -0.1) is 36.2 Å². The molecule has 0 aliphatic carbocycles. The van der Waals surface area contributed by atoms with Crippen molar-refractivity contribution in [1.82, 2.24) is 10.3 Å². The Morgan fingerprint density at radius 1 is 1.33 bits per heavy atom. The van der Waals surface area contributed by atoms with Crippen LogP contribution in [0.5, 0.6) is 0 Å². The number of rotatable bonds is 5. The molecule has 0 fully saturated rings. The van der Waals surface area contributed by atoms with Crippen LogP contribution >= 0.6 is 36.2 Å². The highest BCUT2D eigenvalue weighted by atomic mass is 35.5. The number of aromatic nitrogens is 1. The molecule has 3 N–H and O–H groups in total. The Morgan fingerprint density at radius 2 is 1.89 bits per heavy atom. The highest BCUT2D eigenvalue weighted by Crippen LogP contribution is 2.20. The van der Waals surface area contributed by atoms with Gasteiger partial charge < -0.3 is 11.1 Å². The largest absolute Gasteiger partial charge is 0.329 e. The summed E-state index contributed by atoms with van der Waals surface area (Å²) in [5, 5.41) is 4.69. The van der Waals surface area contributed by atoms with Crippen molar-refractivity contribution in [3.05, 3.63) is 15.6 Å². The highest BCUT2D eigenvalue weighted by molar-refractivity contribution is 7.11. The molecule has 0 bridgehead atoms. The van der Waals surface area contributed by atoms with E-state index in [9.17, 15) is 0 Å². The maximum absolute atomic E-state index is 5.84. The molecule has 0 radical (unpaired) electrons. The van der Waals surface area contributed by atoms with E-state index in [0.717, 1.165) is 17.2 Å². The van der Waals surface area contributed by atoms with Gasteiger partial charge in [-0.1, -0.05) is 13.8 Å². The minimum atomic E-state index is 0. The molecule has 6 heteroatoms. The standard InChI is InChI=1S/C12H23N3S.2ClH/c1-8(2)12(5,7-13)14-6-11-9(3)15-10(4)16-11;;/h8,14H,6-7,13H2,1-5H3;2*1H. The van der Waals surface area contributed by atoms with Crippen LogP contribution in [0.15, 0.2) is 0 Å². The van der Waals surface area contributed by atoms with Gasteiger partial charge in [0.15, 0.2) is 0 Å². The van der Waals surface area contributed by atoms with Crippen molar-refractivity contribution in [1.29, 1.82) is 0 Å². The Kier molecular flexibility index (Phi) is 9.46. The van der Waals surface area contributed by atoms with E-state index in [0.29, 0.717) is 12.5 Å². The van der Waals surface area contributed by atoms with Crippen LogP contribution in [-0.4, -0.2) is 17.1 Å². The van der Waals surface area contributed by atoms with Gasteiger partial charge in [-0.25, -0.2) is 4.98 Å². The number of thiazole rings is 1. The van der Waals surface area contributed by atoms with Crippen LogP contribution in [0.3, 0.4) is 0 Å². The number of nitrogens with one attached hydrogen (secondary N) is 1. The zero-order valence-electron chi connectivity index (χ0n) is 11.7. The molecule has 1 atom stereocenters. The number of nitrogens with zero attached hydrogens (tertiary/aromatic N) is 1. The number of nitrogens with two attached hydrogens (primary N) is 1. The van der Waals surface area contributed by atoms with Crippen molar-refractivity contribution in [3.8, 4) is 0 Å². The molecule has 0 saturated heterocycles. The van der Waals surface area contributed by atoms with Gasteiger partial charge in [-0.3, -0.25) is 0 Å². The van der Waals surface area contributed by atoms with Crippen LogP contribution in [0.2, 0.25) is 0 Å². The average molecular weight is 314 g/mol. The predicted molar refractivity (Wildman–Crippen MR) is 85.2 cm³/mol. The van der Waals surface area contributed by atoms with E-state index in [1.165, 1.54) is 4.88 Å². The zero-order chi connectivity index (χ0) is 12.3. The van der Waals surface area contributed by atoms with Crippen LogP contribution < -0.4 is 11.1 Å². The summed E-state index contributed by atoms with van der Waals surface area (Å²) in [4.78, 5) is 5.75. The van der Waals surface area contributed by atoms with E-state index in [1.807, 2.05) is 6.92 Å². The fraction of sp³-hybridized carbons (Fsp3) is 0.750. The van der Waals surface area contributed by atoms with Crippen LogP contribution in [0.25, 0.3) is 0 Å². The number of aryl methyl sites for hydroxylation is 2. The van der Waals surface area contributed by atoms with Gasteiger partial charge in [0.05, 0.1) is 10.7 Å². The number of hydrogen-bond acceptors (Lipinski definition) is 4. The minimum absolute atomic E-state index is 0. The van der Waals surface area contributed by atoms with Crippen molar-refractivity contribution >= 4 is 36.2 Å². The predicted octanol–water partition coefficient (Wildman–Crippen LogP) is 3.07. The lowest BCUT2D eigenvalue weighted by molar-refractivity contribution is 0.267. The van der Waals surface area contributed by atoms with Crippen LogP contribution in [0.1, 0.15) is 36.3 Å². The molecule has 1 aromatic heterocycles. The lowest BCUT2D eigenvalue weighted by atomic mass is 9.88. The first-order valence-electron chi connectivity index (χ1n) is 5.77. The van der Waals surface area contributed by atoms with Gasteiger partial charge in [-0.05, 0) is 26.7 Å². The van der Waals surface area contributed by atoms with E-state index in [2.05, 4.69) is 38.0 Å². The molecular weight excluding hydrogens is 289 g/mol. The van der Waals surface area contributed by atoms with E-state index in [1.54, 1.807) is 11.3 Å². The van der Waals surface area contributed by atoms with E-state index >= 15 is 0 Å². The van der Waals surface area contributed by atoms with Crippen molar-refractivity contribution in [3.63, 3.8) is 0 Å². The second-order valence-electron chi connectivity index (χ2n) is 4.87. The summed E-state index contributed by atoms with van der Waals surface area (Å²) in [5.74, 6) is 0.520. The molecule has 3 nitrogen and oxygen atoms in total.